The Bertz CT molecular complexity index is 1530. The summed E-state index contributed by atoms with van der Waals surface area (Å²) in [5, 5.41) is 33.8. The van der Waals surface area contributed by atoms with E-state index in [1.807, 2.05) is 16.7 Å². The molecule has 0 spiro atoms. The van der Waals surface area contributed by atoms with Crippen LogP contribution in [0.15, 0.2) is 48.8 Å². The van der Waals surface area contributed by atoms with Gasteiger partial charge in [0.1, 0.15) is 12.2 Å². The molecule has 0 radical (unpaired) electrons. The zero-order chi connectivity index (χ0) is 29.1. The zero-order valence-electron chi connectivity index (χ0n) is 24.0. The van der Waals surface area contributed by atoms with E-state index < -0.39 is 24.3 Å². The number of aliphatic hydroxyl groups is 2. The first-order chi connectivity index (χ1) is 20.5. The molecule has 42 heavy (non-hydrogen) atoms. The van der Waals surface area contributed by atoms with E-state index in [0.717, 1.165) is 25.2 Å². The van der Waals surface area contributed by atoms with Crippen LogP contribution in [0.3, 0.4) is 0 Å². The maximum Gasteiger partial charge on any atom is 0.226 e. The van der Waals surface area contributed by atoms with E-state index in [9.17, 15) is 15.0 Å². The van der Waals surface area contributed by atoms with Gasteiger partial charge >= 0.3 is 0 Å². The molecule has 1 aliphatic heterocycles. The number of anilines is 2. The Balaban J connectivity index is 1.29. The molecule has 1 amide bonds. The average molecular weight is 573 g/mol. The monoisotopic (exact) mass is 572 g/mol. The molecule has 1 saturated carbocycles. The Morgan fingerprint density at radius 2 is 1.81 bits per heavy atom. The van der Waals surface area contributed by atoms with E-state index >= 15 is 0 Å². The lowest BCUT2D eigenvalue weighted by Crippen LogP contribution is -2.42. The van der Waals surface area contributed by atoms with E-state index in [1.54, 1.807) is 13.3 Å². The van der Waals surface area contributed by atoms with E-state index in [4.69, 9.17) is 9.97 Å². The molecular formula is C31H40N8O3. The summed E-state index contributed by atoms with van der Waals surface area (Å²) in [6.07, 6.45) is 3.91. The summed E-state index contributed by atoms with van der Waals surface area (Å²) in [4.78, 5) is 28.8. The van der Waals surface area contributed by atoms with Gasteiger partial charge in [-0.3, -0.25) is 4.79 Å². The largest absolute Gasteiger partial charge is 0.388 e. The van der Waals surface area contributed by atoms with E-state index in [2.05, 4.69) is 56.2 Å². The van der Waals surface area contributed by atoms with Gasteiger partial charge in [0, 0.05) is 26.1 Å². The van der Waals surface area contributed by atoms with Gasteiger partial charge in [0.2, 0.25) is 11.9 Å². The molecule has 222 valence electrons. The molecule has 2 aromatic carbocycles. The summed E-state index contributed by atoms with van der Waals surface area (Å²) < 4.78 is 1.81. The smallest absolute Gasteiger partial charge is 0.226 e. The fourth-order valence-electron chi connectivity index (χ4n) is 6.23. The first-order valence-electron chi connectivity index (χ1n) is 15.1. The molecule has 2 aliphatic rings. The third-order valence-electron chi connectivity index (χ3n) is 8.58. The standard InChI is InChI=1S/C31H40N8O3/c1-2-25(40)35-23-17-24(28(42)27(23)41)39-19-34-26-29(33-18-21-11-8-10-20-9-4-5-12-22(20)21)36-31(37-30(26)39)32-13-16-38-14-6-3-7-15-38/h4-5,8-12,19,23-24,27-28,41-42H,2-3,6-7,13-18H2,1H3,(H,35,40)(H2,32,33,36,37)/t23-,24?,27+,28-/m0/s1. The minimum Gasteiger partial charge on any atom is -0.388 e. The van der Waals surface area contributed by atoms with Gasteiger partial charge in [-0.25, -0.2) is 4.98 Å². The summed E-state index contributed by atoms with van der Waals surface area (Å²) in [7, 11) is 0. The quantitative estimate of drug-likeness (QED) is 0.194. The number of aliphatic hydroxyl groups excluding tert-OH is 2. The maximum absolute atomic E-state index is 12.0. The van der Waals surface area contributed by atoms with Crippen molar-refractivity contribution in [1.82, 2.24) is 29.7 Å². The fraction of sp³-hybridized carbons (Fsp3) is 0.484. The summed E-state index contributed by atoms with van der Waals surface area (Å²) in [5.74, 6) is 0.909. The molecule has 1 unspecified atom stereocenters. The minimum atomic E-state index is -1.09. The Morgan fingerprint density at radius 3 is 2.64 bits per heavy atom. The van der Waals surface area contributed by atoms with Crippen LogP contribution >= 0.6 is 0 Å². The number of nitrogens with one attached hydrogen (secondary N) is 3. The summed E-state index contributed by atoms with van der Waals surface area (Å²) in [6, 6.07) is 13.5. The highest BCUT2D eigenvalue weighted by atomic mass is 16.3. The van der Waals surface area contributed by atoms with Crippen molar-refractivity contribution in [2.75, 3.05) is 36.8 Å². The summed E-state index contributed by atoms with van der Waals surface area (Å²) in [6.45, 7) is 6.15. The number of hydrogen-bond donors (Lipinski definition) is 5. The van der Waals surface area contributed by atoms with E-state index in [-0.39, 0.29) is 5.91 Å². The third-order valence-corrected chi connectivity index (χ3v) is 8.58. The molecule has 1 aliphatic carbocycles. The second-order valence-corrected chi connectivity index (χ2v) is 11.4. The van der Waals surface area contributed by atoms with Crippen LogP contribution in [0.25, 0.3) is 21.9 Å². The van der Waals surface area contributed by atoms with Crippen molar-refractivity contribution in [3.63, 3.8) is 0 Å². The van der Waals surface area contributed by atoms with E-state index in [1.165, 1.54) is 30.0 Å². The number of amides is 1. The number of aromatic nitrogens is 4. The molecular weight excluding hydrogens is 532 g/mol. The highest BCUT2D eigenvalue weighted by Crippen LogP contribution is 2.34. The van der Waals surface area contributed by atoms with Crippen LogP contribution < -0.4 is 16.0 Å². The third kappa shape index (κ3) is 5.90. The number of benzene rings is 2. The molecule has 11 nitrogen and oxygen atoms in total. The normalized spacial score (nSPS) is 22.9. The SMILES string of the molecule is CCC(=O)N[C@H]1CC(n2cnc3c(NCc4cccc5ccccc45)nc(NCCN4CCCCC4)nc32)[C@H](O)[C@@H]1O. The van der Waals surface area contributed by atoms with Crippen LogP contribution in [0.4, 0.5) is 11.8 Å². The molecule has 11 heteroatoms. The topological polar surface area (TPSA) is 140 Å². The number of likely N-dealkylation sites (tertiary alicyclic amines) is 1. The Kier molecular flexibility index (Phi) is 8.50. The number of rotatable bonds is 10. The number of hydrogen-bond acceptors (Lipinski definition) is 9. The van der Waals surface area contributed by atoms with Gasteiger partial charge in [-0.2, -0.15) is 9.97 Å². The first kappa shape index (κ1) is 28.3. The predicted octanol–water partition coefficient (Wildman–Crippen LogP) is 3.05. The van der Waals surface area contributed by atoms with Gasteiger partial charge in [0.05, 0.1) is 18.4 Å². The van der Waals surface area contributed by atoms with Crippen molar-refractivity contribution in [2.45, 2.75) is 69.9 Å². The van der Waals surface area contributed by atoms with Crippen LogP contribution in [-0.4, -0.2) is 85.0 Å². The molecule has 5 N–H and O–H groups in total. The van der Waals surface area contributed by atoms with Crippen molar-refractivity contribution in [3.8, 4) is 0 Å². The second kappa shape index (κ2) is 12.6. The highest BCUT2D eigenvalue weighted by molar-refractivity contribution is 5.87. The predicted molar refractivity (Wildman–Crippen MR) is 163 cm³/mol. The van der Waals surface area contributed by atoms with Crippen LogP contribution in [0, 0.1) is 0 Å². The Hall–Kier alpha value is -3.80. The Labute approximate surface area is 245 Å². The molecule has 4 aromatic rings. The molecule has 2 fully saturated rings. The lowest BCUT2D eigenvalue weighted by Gasteiger charge is -2.26. The van der Waals surface area contributed by atoms with Crippen molar-refractivity contribution in [2.24, 2.45) is 0 Å². The van der Waals surface area contributed by atoms with Gasteiger partial charge in [-0.15, -0.1) is 0 Å². The van der Waals surface area contributed by atoms with Gasteiger partial charge in [-0.1, -0.05) is 55.8 Å². The number of fused-ring (bicyclic) bond motifs is 2. The number of carbonyl (C=O) groups is 1. The molecule has 6 rings (SSSR count). The second-order valence-electron chi connectivity index (χ2n) is 11.4. The van der Waals surface area contributed by atoms with Crippen LogP contribution in [-0.2, 0) is 11.3 Å². The van der Waals surface area contributed by atoms with Gasteiger partial charge in [0.15, 0.2) is 17.0 Å². The molecule has 1 saturated heterocycles. The summed E-state index contributed by atoms with van der Waals surface area (Å²) in [5.41, 5.74) is 2.28. The van der Waals surface area contributed by atoms with Crippen molar-refractivity contribution < 1.29 is 15.0 Å². The van der Waals surface area contributed by atoms with Crippen LogP contribution in [0.5, 0.6) is 0 Å². The van der Waals surface area contributed by atoms with Crippen LogP contribution in [0.1, 0.15) is 50.6 Å². The van der Waals surface area contributed by atoms with Gasteiger partial charge in [-0.05, 0) is 48.7 Å². The molecule has 2 aromatic heterocycles. The summed E-state index contributed by atoms with van der Waals surface area (Å²) >= 11 is 0. The lowest BCUT2D eigenvalue weighted by molar-refractivity contribution is -0.122. The van der Waals surface area contributed by atoms with Gasteiger partial charge < -0.3 is 35.6 Å². The van der Waals surface area contributed by atoms with Gasteiger partial charge in [0.25, 0.3) is 0 Å². The average Bonchev–Trinajstić information content (AvgIpc) is 3.56. The minimum absolute atomic E-state index is 0.162. The lowest BCUT2D eigenvalue weighted by atomic mass is 10.0. The Morgan fingerprint density at radius 1 is 1.00 bits per heavy atom. The fourth-order valence-corrected chi connectivity index (χ4v) is 6.23. The van der Waals surface area contributed by atoms with Crippen molar-refractivity contribution in [1.29, 1.82) is 0 Å². The number of nitrogens with zero attached hydrogens (tertiary/aromatic N) is 5. The maximum atomic E-state index is 12.0. The first-order valence-corrected chi connectivity index (χ1v) is 15.1. The molecule has 4 atom stereocenters. The van der Waals surface area contributed by atoms with Crippen molar-refractivity contribution >= 4 is 39.6 Å². The number of carbonyl (C=O) groups excluding carboxylic acids is 1. The zero-order valence-corrected chi connectivity index (χ0v) is 24.0. The number of imidazole rings is 1. The van der Waals surface area contributed by atoms with Crippen LogP contribution in [0.2, 0.25) is 0 Å². The number of piperidine rings is 1. The molecule has 3 heterocycles. The molecule has 0 bridgehead atoms. The highest BCUT2D eigenvalue weighted by Gasteiger charge is 2.43. The van der Waals surface area contributed by atoms with E-state index in [0.29, 0.717) is 48.9 Å². The van der Waals surface area contributed by atoms with Crippen molar-refractivity contribution in [3.05, 3.63) is 54.4 Å².